The minimum Gasteiger partial charge on any atom is -0.339 e. The standard InChI is InChI=1S/C15H27N3O/c1-3-4-5-12-6-8-13(9-7-12)15-17-14(18-19-15)10-11(2)16/h11-13H,3-10,16H2,1-2H3. The van der Waals surface area contributed by atoms with Gasteiger partial charge in [-0.05, 0) is 38.5 Å². The molecule has 1 aromatic heterocycles. The van der Waals surface area contributed by atoms with Crippen LogP contribution in [0.3, 0.4) is 0 Å². The van der Waals surface area contributed by atoms with Crippen molar-refractivity contribution in [2.45, 2.75) is 77.2 Å². The maximum Gasteiger partial charge on any atom is 0.229 e. The third kappa shape index (κ3) is 4.30. The van der Waals surface area contributed by atoms with E-state index in [4.69, 9.17) is 10.3 Å². The Hall–Kier alpha value is -0.900. The van der Waals surface area contributed by atoms with Crippen molar-refractivity contribution in [3.8, 4) is 0 Å². The molecule has 1 aliphatic carbocycles. The first-order valence-corrected chi connectivity index (χ1v) is 7.77. The zero-order chi connectivity index (χ0) is 13.7. The molecule has 0 aliphatic heterocycles. The maximum absolute atomic E-state index is 5.76. The minimum atomic E-state index is 0.0928. The molecule has 2 rings (SSSR count). The lowest BCUT2D eigenvalue weighted by atomic mass is 9.80. The van der Waals surface area contributed by atoms with Gasteiger partial charge in [0.25, 0.3) is 0 Å². The van der Waals surface area contributed by atoms with Gasteiger partial charge in [-0.1, -0.05) is 31.3 Å². The number of hydrogen-bond donors (Lipinski definition) is 1. The third-order valence-corrected chi connectivity index (χ3v) is 4.15. The molecule has 0 spiro atoms. The highest BCUT2D eigenvalue weighted by Gasteiger charge is 2.26. The average Bonchev–Trinajstić information content (AvgIpc) is 2.84. The Morgan fingerprint density at radius 2 is 2.05 bits per heavy atom. The monoisotopic (exact) mass is 265 g/mol. The summed E-state index contributed by atoms with van der Waals surface area (Å²) in [7, 11) is 0. The van der Waals surface area contributed by atoms with Gasteiger partial charge >= 0.3 is 0 Å². The highest BCUT2D eigenvalue weighted by atomic mass is 16.5. The first-order chi connectivity index (χ1) is 9.19. The van der Waals surface area contributed by atoms with Crippen molar-refractivity contribution in [2.75, 3.05) is 0 Å². The summed E-state index contributed by atoms with van der Waals surface area (Å²) in [5, 5.41) is 4.03. The van der Waals surface area contributed by atoms with Crippen LogP contribution in [0.5, 0.6) is 0 Å². The second kappa shape index (κ2) is 7.04. The number of hydrogen-bond acceptors (Lipinski definition) is 4. The van der Waals surface area contributed by atoms with Crippen molar-refractivity contribution in [2.24, 2.45) is 11.7 Å². The molecular formula is C15H27N3O. The van der Waals surface area contributed by atoms with E-state index in [1.54, 1.807) is 0 Å². The van der Waals surface area contributed by atoms with Crippen LogP contribution in [0.1, 0.15) is 76.4 Å². The summed E-state index contributed by atoms with van der Waals surface area (Å²) in [4.78, 5) is 4.50. The van der Waals surface area contributed by atoms with Crippen molar-refractivity contribution in [1.82, 2.24) is 10.1 Å². The molecule has 1 aliphatic rings. The van der Waals surface area contributed by atoms with E-state index in [-0.39, 0.29) is 6.04 Å². The number of unbranched alkanes of at least 4 members (excludes halogenated alkanes) is 1. The summed E-state index contributed by atoms with van der Waals surface area (Å²) in [5.41, 5.74) is 5.76. The number of nitrogens with zero attached hydrogens (tertiary/aromatic N) is 2. The lowest BCUT2D eigenvalue weighted by Crippen LogP contribution is -2.18. The SMILES string of the molecule is CCCCC1CCC(c2nc(CC(C)N)no2)CC1. The molecule has 0 amide bonds. The van der Waals surface area contributed by atoms with Gasteiger partial charge in [-0.2, -0.15) is 4.98 Å². The zero-order valence-electron chi connectivity index (χ0n) is 12.3. The quantitative estimate of drug-likeness (QED) is 0.856. The molecule has 4 heteroatoms. The normalized spacial score (nSPS) is 25.4. The van der Waals surface area contributed by atoms with Gasteiger partial charge < -0.3 is 10.3 Å². The Balaban J connectivity index is 1.82. The van der Waals surface area contributed by atoms with Gasteiger partial charge in [-0.15, -0.1) is 0 Å². The van der Waals surface area contributed by atoms with Crippen LogP contribution >= 0.6 is 0 Å². The highest BCUT2D eigenvalue weighted by Crippen LogP contribution is 2.36. The fourth-order valence-corrected chi connectivity index (χ4v) is 3.00. The summed E-state index contributed by atoms with van der Waals surface area (Å²) >= 11 is 0. The van der Waals surface area contributed by atoms with Crippen LogP contribution < -0.4 is 5.73 Å². The molecule has 0 aromatic carbocycles. The lowest BCUT2D eigenvalue weighted by Gasteiger charge is -2.26. The van der Waals surface area contributed by atoms with E-state index in [1.165, 1.54) is 44.9 Å². The summed E-state index contributed by atoms with van der Waals surface area (Å²) in [6, 6.07) is 0.0928. The third-order valence-electron chi connectivity index (χ3n) is 4.15. The Morgan fingerprint density at radius 1 is 1.32 bits per heavy atom. The molecule has 4 nitrogen and oxygen atoms in total. The van der Waals surface area contributed by atoms with Crippen LogP contribution in [0.2, 0.25) is 0 Å². The summed E-state index contributed by atoms with van der Waals surface area (Å²) in [5.74, 6) is 3.00. The van der Waals surface area contributed by atoms with Gasteiger partial charge in [0.15, 0.2) is 5.82 Å². The van der Waals surface area contributed by atoms with Crippen LogP contribution in [0.15, 0.2) is 4.52 Å². The predicted octanol–water partition coefficient (Wildman–Crippen LogP) is 3.42. The number of nitrogens with two attached hydrogens (primary N) is 1. The topological polar surface area (TPSA) is 64.9 Å². The molecule has 1 atom stereocenters. The van der Waals surface area contributed by atoms with Gasteiger partial charge in [-0.3, -0.25) is 0 Å². The molecule has 1 saturated carbocycles. The fraction of sp³-hybridized carbons (Fsp3) is 0.867. The van der Waals surface area contributed by atoms with E-state index in [9.17, 15) is 0 Å². The van der Waals surface area contributed by atoms with E-state index in [0.717, 1.165) is 17.6 Å². The molecule has 1 unspecified atom stereocenters. The Morgan fingerprint density at radius 3 is 2.68 bits per heavy atom. The van der Waals surface area contributed by atoms with Gasteiger partial charge in [-0.25, -0.2) is 0 Å². The largest absolute Gasteiger partial charge is 0.339 e. The van der Waals surface area contributed by atoms with Crippen molar-refractivity contribution in [1.29, 1.82) is 0 Å². The van der Waals surface area contributed by atoms with E-state index >= 15 is 0 Å². The van der Waals surface area contributed by atoms with Crippen LogP contribution in [-0.4, -0.2) is 16.2 Å². The highest BCUT2D eigenvalue weighted by molar-refractivity contribution is 4.97. The second-order valence-electron chi connectivity index (χ2n) is 6.09. The van der Waals surface area contributed by atoms with Crippen molar-refractivity contribution in [3.63, 3.8) is 0 Å². The minimum absolute atomic E-state index is 0.0928. The Bertz CT molecular complexity index is 367. The van der Waals surface area contributed by atoms with Gasteiger partial charge in [0.1, 0.15) is 0 Å². The molecule has 1 fully saturated rings. The lowest BCUT2D eigenvalue weighted by molar-refractivity contribution is 0.260. The van der Waals surface area contributed by atoms with Gasteiger partial charge in [0, 0.05) is 18.4 Å². The van der Waals surface area contributed by atoms with E-state index in [0.29, 0.717) is 12.3 Å². The number of rotatable bonds is 6. The van der Waals surface area contributed by atoms with Crippen molar-refractivity contribution >= 4 is 0 Å². The van der Waals surface area contributed by atoms with E-state index < -0.39 is 0 Å². The fourth-order valence-electron chi connectivity index (χ4n) is 3.00. The van der Waals surface area contributed by atoms with Gasteiger partial charge in [0.2, 0.25) is 5.89 Å². The first kappa shape index (κ1) is 14.5. The zero-order valence-corrected chi connectivity index (χ0v) is 12.3. The summed E-state index contributed by atoms with van der Waals surface area (Å²) in [6.45, 7) is 4.24. The molecule has 2 N–H and O–H groups in total. The molecular weight excluding hydrogens is 238 g/mol. The molecule has 0 radical (unpaired) electrons. The second-order valence-corrected chi connectivity index (χ2v) is 6.09. The molecule has 108 valence electrons. The summed E-state index contributed by atoms with van der Waals surface area (Å²) in [6.07, 6.45) is 9.81. The molecule has 0 saturated heterocycles. The van der Waals surface area contributed by atoms with Gasteiger partial charge in [0.05, 0.1) is 0 Å². The average molecular weight is 265 g/mol. The smallest absolute Gasteiger partial charge is 0.229 e. The maximum atomic E-state index is 5.76. The van der Waals surface area contributed by atoms with Crippen molar-refractivity contribution in [3.05, 3.63) is 11.7 Å². The van der Waals surface area contributed by atoms with Crippen LogP contribution in [0.4, 0.5) is 0 Å². The number of aromatic nitrogens is 2. The Kier molecular flexibility index (Phi) is 5.37. The molecule has 0 bridgehead atoms. The predicted molar refractivity (Wildman–Crippen MR) is 75.9 cm³/mol. The molecule has 1 aromatic rings. The Labute approximate surface area is 116 Å². The van der Waals surface area contributed by atoms with E-state index in [2.05, 4.69) is 17.1 Å². The molecule has 19 heavy (non-hydrogen) atoms. The summed E-state index contributed by atoms with van der Waals surface area (Å²) < 4.78 is 5.40. The van der Waals surface area contributed by atoms with Crippen LogP contribution in [-0.2, 0) is 6.42 Å². The van der Waals surface area contributed by atoms with Crippen molar-refractivity contribution < 1.29 is 4.52 Å². The van der Waals surface area contributed by atoms with Crippen LogP contribution in [0.25, 0.3) is 0 Å². The van der Waals surface area contributed by atoms with E-state index in [1.807, 2.05) is 6.92 Å². The van der Waals surface area contributed by atoms with Crippen LogP contribution in [0, 0.1) is 5.92 Å². The first-order valence-electron chi connectivity index (χ1n) is 7.77. The molecule has 1 heterocycles.